The number of phenolic OH excluding ortho intramolecular Hbond substituents is 1. The average molecular weight is 352 g/mol. The Kier molecular flexibility index (Phi) is 5.03. The molecule has 2 aromatic carbocycles. The maximum absolute atomic E-state index is 12.5. The molecule has 1 saturated heterocycles. The molecule has 0 aromatic heterocycles. The summed E-state index contributed by atoms with van der Waals surface area (Å²) >= 11 is 0. The molecule has 0 spiro atoms. The molecular formula is C18H19F3N2O2. The Morgan fingerprint density at radius 2 is 1.56 bits per heavy atom. The number of para-hydroxylation sites is 1. The van der Waals surface area contributed by atoms with E-state index in [1.807, 2.05) is 12.1 Å². The minimum absolute atomic E-state index is 0.143. The second-order valence-corrected chi connectivity index (χ2v) is 5.94. The van der Waals surface area contributed by atoms with Gasteiger partial charge in [0, 0.05) is 44.0 Å². The SMILES string of the molecule is Oc1ccc(N2CCN(Cc3ccccc3OC(F)(F)F)CC2)cc1. The molecule has 1 aliphatic heterocycles. The van der Waals surface area contributed by atoms with Gasteiger partial charge >= 0.3 is 6.36 Å². The highest BCUT2D eigenvalue weighted by Crippen LogP contribution is 2.28. The van der Waals surface area contributed by atoms with Crippen LogP contribution in [0.3, 0.4) is 0 Å². The van der Waals surface area contributed by atoms with Crippen molar-refractivity contribution in [3.8, 4) is 11.5 Å². The number of nitrogens with zero attached hydrogens (tertiary/aromatic N) is 2. The molecular weight excluding hydrogens is 333 g/mol. The van der Waals surface area contributed by atoms with E-state index in [1.54, 1.807) is 24.3 Å². The molecule has 134 valence electrons. The van der Waals surface area contributed by atoms with E-state index in [9.17, 15) is 18.3 Å². The minimum atomic E-state index is -4.69. The molecule has 0 amide bonds. The van der Waals surface area contributed by atoms with Crippen molar-refractivity contribution < 1.29 is 23.0 Å². The Balaban J connectivity index is 1.60. The zero-order valence-electron chi connectivity index (χ0n) is 13.5. The van der Waals surface area contributed by atoms with E-state index in [0.717, 1.165) is 31.9 Å². The van der Waals surface area contributed by atoms with Crippen LogP contribution in [0.5, 0.6) is 11.5 Å². The number of anilines is 1. The number of hydrogen-bond acceptors (Lipinski definition) is 4. The lowest BCUT2D eigenvalue weighted by atomic mass is 10.1. The third kappa shape index (κ3) is 4.79. The first-order valence-electron chi connectivity index (χ1n) is 8.01. The number of rotatable bonds is 4. The number of phenols is 1. The van der Waals surface area contributed by atoms with Crippen LogP contribution in [0.1, 0.15) is 5.56 Å². The summed E-state index contributed by atoms with van der Waals surface area (Å²) in [6, 6.07) is 13.3. The molecule has 25 heavy (non-hydrogen) atoms. The molecule has 0 radical (unpaired) electrons. The van der Waals surface area contributed by atoms with Gasteiger partial charge in [0.25, 0.3) is 0 Å². The van der Waals surface area contributed by atoms with Crippen molar-refractivity contribution >= 4 is 5.69 Å². The van der Waals surface area contributed by atoms with E-state index < -0.39 is 6.36 Å². The van der Waals surface area contributed by atoms with E-state index >= 15 is 0 Å². The minimum Gasteiger partial charge on any atom is -0.508 e. The lowest BCUT2D eigenvalue weighted by molar-refractivity contribution is -0.275. The van der Waals surface area contributed by atoms with Crippen LogP contribution >= 0.6 is 0 Å². The lowest BCUT2D eigenvalue weighted by Crippen LogP contribution is -2.46. The molecule has 7 heteroatoms. The van der Waals surface area contributed by atoms with Gasteiger partial charge in [-0.1, -0.05) is 18.2 Å². The van der Waals surface area contributed by atoms with Gasteiger partial charge in [0.1, 0.15) is 11.5 Å². The van der Waals surface area contributed by atoms with Gasteiger partial charge in [0.2, 0.25) is 0 Å². The summed E-state index contributed by atoms with van der Waals surface area (Å²) in [5.41, 5.74) is 1.55. The molecule has 4 nitrogen and oxygen atoms in total. The van der Waals surface area contributed by atoms with Crippen LogP contribution in [0.2, 0.25) is 0 Å². The highest BCUT2D eigenvalue weighted by Gasteiger charge is 2.32. The normalized spacial score (nSPS) is 16.0. The van der Waals surface area contributed by atoms with Crippen LogP contribution in [0.25, 0.3) is 0 Å². The van der Waals surface area contributed by atoms with E-state index in [2.05, 4.69) is 14.5 Å². The van der Waals surface area contributed by atoms with Crippen molar-refractivity contribution in [1.29, 1.82) is 0 Å². The Labute approximate surface area is 144 Å². The van der Waals surface area contributed by atoms with Crippen molar-refractivity contribution in [2.24, 2.45) is 0 Å². The Bertz CT molecular complexity index is 696. The quantitative estimate of drug-likeness (QED) is 0.912. The highest BCUT2D eigenvalue weighted by atomic mass is 19.4. The second-order valence-electron chi connectivity index (χ2n) is 5.94. The number of halogens is 3. The van der Waals surface area contributed by atoms with Gasteiger partial charge in [-0.2, -0.15) is 0 Å². The zero-order valence-corrected chi connectivity index (χ0v) is 13.5. The summed E-state index contributed by atoms with van der Waals surface area (Å²) in [6.07, 6.45) is -4.69. The molecule has 2 aromatic rings. The summed E-state index contributed by atoms with van der Waals surface area (Å²) < 4.78 is 41.6. The van der Waals surface area contributed by atoms with Crippen molar-refractivity contribution in [2.75, 3.05) is 31.1 Å². The fourth-order valence-electron chi connectivity index (χ4n) is 2.93. The maximum Gasteiger partial charge on any atom is 0.573 e. The summed E-state index contributed by atoms with van der Waals surface area (Å²) in [5.74, 6) is 0.0830. The van der Waals surface area contributed by atoms with Crippen LogP contribution < -0.4 is 9.64 Å². The molecule has 0 aliphatic carbocycles. The Morgan fingerprint density at radius 1 is 0.920 bits per heavy atom. The van der Waals surface area contributed by atoms with Crippen LogP contribution in [-0.4, -0.2) is 42.5 Å². The molecule has 0 bridgehead atoms. The molecule has 1 N–H and O–H groups in total. The third-order valence-corrected chi connectivity index (χ3v) is 4.18. The van der Waals surface area contributed by atoms with Gasteiger partial charge in [-0.15, -0.1) is 13.2 Å². The fraction of sp³-hybridized carbons (Fsp3) is 0.333. The van der Waals surface area contributed by atoms with Crippen LogP contribution in [0.4, 0.5) is 18.9 Å². The van der Waals surface area contributed by atoms with Gasteiger partial charge < -0.3 is 14.7 Å². The highest BCUT2D eigenvalue weighted by molar-refractivity contribution is 5.49. The largest absolute Gasteiger partial charge is 0.573 e. The topological polar surface area (TPSA) is 35.9 Å². The molecule has 0 atom stereocenters. The fourth-order valence-corrected chi connectivity index (χ4v) is 2.93. The van der Waals surface area contributed by atoms with Crippen molar-refractivity contribution in [1.82, 2.24) is 4.90 Å². The average Bonchev–Trinajstić information content (AvgIpc) is 2.57. The first-order chi connectivity index (χ1) is 11.9. The molecule has 0 saturated carbocycles. The van der Waals surface area contributed by atoms with Gasteiger partial charge in [-0.25, -0.2) is 0 Å². The number of piperazine rings is 1. The van der Waals surface area contributed by atoms with Gasteiger partial charge in [0.15, 0.2) is 0 Å². The van der Waals surface area contributed by atoms with Gasteiger partial charge in [0.05, 0.1) is 0 Å². The monoisotopic (exact) mass is 352 g/mol. The first kappa shape index (κ1) is 17.4. The first-order valence-corrected chi connectivity index (χ1v) is 8.01. The summed E-state index contributed by atoms with van der Waals surface area (Å²) in [4.78, 5) is 4.30. The van der Waals surface area contributed by atoms with E-state index in [4.69, 9.17) is 0 Å². The predicted octanol–water partition coefficient (Wildman–Crippen LogP) is 3.61. The van der Waals surface area contributed by atoms with Crippen LogP contribution in [0, 0.1) is 0 Å². The van der Waals surface area contributed by atoms with E-state index in [0.29, 0.717) is 12.1 Å². The summed E-state index contributed by atoms with van der Waals surface area (Å²) in [6.45, 7) is 3.43. The molecule has 0 unspecified atom stereocenters. The van der Waals surface area contributed by atoms with E-state index in [1.165, 1.54) is 12.1 Å². The standard InChI is InChI=1S/C18H19F3N2O2/c19-18(20,21)25-17-4-2-1-3-14(17)13-22-9-11-23(12-10-22)15-5-7-16(24)8-6-15/h1-8,24H,9-13H2. The van der Waals surface area contributed by atoms with Crippen LogP contribution in [0.15, 0.2) is 48.5 Å². The number of aromatic hydroxyl groups is 1. The maximum atomic E-state index is 12.5. The smallest absolute Gasteiger partial charge is 0.508 e. The summed E-state index contributed by atoms with van der Waals surface area (Å²) in [7, 11) is 0. The van der Waals surface area contributed by atoms with Crippen molar-refractivity contribution in [3.63, 3.8) is 0 Å². The second kappa shape index (κ2) is 7.23. The summed E-state index contributed by atoms with van der Waals surface area (Å²) in [5, 5.41) is 9.35. The zero-order chi connectivity index (χ0) is 17.9. The third-order valence-electron chi connectivity index (χ3n) is 4.18. The van der Waals surface area contributed by atoms with E-state index in [-0.39, 0.29) is 11.5 Å². The van der Waals surface area contributed by atoms with Gasteiger partial charge in [-0.05, 0) is 30.3 Å². The van der Waals surface area contributed by atoms with Crippen molar-refractivity contribution in [2.45, 2.75) is 12.9 Å². The Hall–Kier alpha value is -2.41. The molecule has 3 rings (SSSR count). The molecule has 1 aliphatic rings. The lowest BCUT2D eigenvalue weighted by Gasteiger charge is -2.36. The number of alkyl halides is 3. The Morgan fingerprint density at radius 3 is 2.20 bits per heavy atom. The number of benzene rings is 2. The molecule has 1 heterocycles. The van der Waals surface area contributed by atoms with Crippen molar-refractivity contribution in [3.05, 3.63) is 54.1 Å². The van der Waals surface area contributed by atoms with Gasteiger partial charge in [-0.3, -0.25) is 4.90 Å². The molecule has 1 fully saturated rings. The predicted molar refractivity (Wildman–Crippen MR) is 88.7 cm³/mol. The van der Waals surface area contributed by atoms with Crippen LogP contribution in [-0.2, 0) is 6.54 Å². The number of hydrogen-bond donors (Lipinski definition) is 1. The number of ether oxygens (including phenoxy) is 1.